The van der Waals surface area contributed by atoms with E-state index in [-0.39, 0.29) is 11.9 Å². The highest BCUT2D eigenvalue weighted by molar-refractivity contribution is 5.22. The maximum absolute atomic E-state index is 13.1. The number of nitrogens with zero attached hydrogens (tertiary/aromatic N) is 2. The van der Waals surface area contributed by atoms with E-state index in [0.717, 1.165) is 30.8 Å². The fourth-order valence-electron chi connectivity index (χ4n) is 3.13. The van der Waals surface area contributed by atoms with Crippen molar-refractivity contribution in [3.05, 3.63) is 59.5 Å². The minimum absolute atomic E-state index is 0.182. The average molecular weight is 330 g/mol. The van der Waals surface area contributed by atoms with Crippen LogP contribution in [0.5, 0.6) is 5.88 Å². The van der Waals surface area contributed by atoms with Crippen molar-refractivity contribution in [2.45, 2.75) is 12.6 Å². The Hall–Kier alpha value is -2.02. The Balaban J connectivity index is 1.60. The van der Waals surface area contributed by atoms with Crippen molar-refractivity contribution in [2.24, 2.45) is 5.92 Å². The van der Waals surface area contributed by atoms with Crippen molar-refractivity contribution in [3.8, 4) is 5.88 Å². The fourth-order valence-corrected chi connectivity index (χ4v) is 3.13. The van der Waals surface area contributed by atoms with Gasteiger partial charge in [-0.25, -0.2) is 14.8 Å². The third kappa shape index (κ3) is 4.08. The van der Waals surface area contributed by atoms with Crippen LogP contribution in [0.25, 0.3) is 0 Å². The van der Waals surface area contributed by atoms with Gasteiger partial charge in [-0.05, 0) is 30.3 Å². The van der Waals surface area contributed by atoms with E-state index in [2.05, 4.69) is 27.8 Å². The number of pyridine rings is 1. The first-order valence-electron chi connectivity index (χ1n) is 8.07. The molecule has 1 aromatic heterocycles. The van der Waals surface area contributed by atoms with E-state index in [0.29, 0.717) is 11.8 Å². The maximum atomic E-state index is 13.1. The zero-order valence-corrected chi connectivity index (χ0v) is 14.0. The van der Waals surface area contributed by atoms with Gasteiger partial charge in [0.05, 0.1) is 13.2 Å². The van der Waals surface area contributed by atoms with Gasteiger partial charge in [0.15, 0.2) is 0 Å². The summed E-state index contributed by atoms with van der Waals surface area (Å²) in [5.41, 5.74) is 8.77. The molecule has 1 aliphatic rings. The number of hydrazine groups is 1. The molecule has 24 heavy (non-hydrogen) atoms. The highest BCUT2D eigenvalue weighted by atomic mass is 19.1. The molecule has 2 heterocycles. The number of benzene rings is 1. The number of hydrogen-bond acceptors (Lipinski definition) is 5. The molecule has 2 N–H and O–H groups in total. The minimum atomic E-state index is -0.203. The largest absolute Gasteiger partial charge is 0.481 e. The molecule has 0 saturated carbocycles. The van der Waals surface area contributed by atoms with Gasteiger partial charge in [-0.1, -0.05) is 18.2 Å². The summed E-state index contributed by atoms with van der Waals surface area (Å²) in [7, 11) is 3.72. The number of rotatable bonds is 6. The van der Waals surface area contributed by atoms with E-state index in [4.69, 9.17) is 4.74 Å². The van der Waals surface area contributed by atoms with Crippen LogP contribution in [0.1, 0.15) is 17.2 Å². The molecule has 1 aliphatic heterocycles. The summed E-state index contributed by atoms with van der Waals surface area (Å²) in [6.45, 7) is 2.63. The summed E-state index contributed by atoms with van der Waals surface area (Å²) in [5, 5.41) is 0. The Morgan fingerprint density at radius 2 is 2.04 bits per heavy atom. The van der Waals surface area contributed by atoms with Gasteiger partial charge in [-0.3, -0.25) is 5.43 Å². The van der Waals surface area contributed by atoms with E-state index < -0.39 is 0 Å². The smallest absolute Gasteiger partial charge is 0.212 e. The molecule has 3 rings (SSSR count). The molecule has 6 heteroatoms. The third-order valence-electron chi connectivity index (χ3n) is 4.33. The van der Waals surface area contributed by atoms with E-state index in [1.807, 2.05) is 30.5 Å². The standard InChI is InChI=1S/C18H23FN4O/c1-23(11-13-3-8-17(24-2)20-9-13)12-15-10-21-22-18(15)14-4-6-16(19)7-5-14/h3-9,15,18,21-22H,10-12H2,1-2H3. The number of aromatic nitrogens is 1. The summed E-state index contributed by atoms with van der Waals surface area (Å²) >= 11 is 0. The van der Waals surface area contributed by atoms with Gasteiger partial charge in [0.2, 0.25) is 5.88 Å². The summed E-state index contributed by atoms with van der Waals surface area (Å²) in [4.78, 5) is 6.52. The van der Waals surface area contributed by atoms with Crippen molar-refractivity contribution in [1.29, 1.82) is 0 Å². The molecule has 1 fully saturated rings. The molecule has 0 aliphatic carbocycles. The van der Waals surface area contributed by atoms with Gasteiger partial charge in [0.1, 0.15) is 5.82 Å². The van der Waals surface area contributed by atoms with Gasteiger partial charge in [-0.2, -0.15) is 0 Å². The van der Waals surface area contributed by atoms with Gasteiger partial charge in [-0.15, -0.1) is 0 Å². The molecule has 5 nitrogen and oxygen atoms in total. The van der Waals surface area contributed by atoms with Gasteiger partial charge in [0.25, 0.3) is 0 Å². The van der Waals surface area contributed by atoms with E-state index >= 15 is 0 Å². The molecule has 2 aromatic rings. The second-order valence-corrected chi connectivity index (χ2v) is 6.22. The zero-order chi connectivity index (χ0) is 16.9. The van der Waals surface area contributed by atoms with Crippen LogP contribution in [0.3, 0.4) is 0 Å². The minimum Gasteiger partial charge on any atom is -0.481 e. The number of nitrogens with one attached hydrogen (secondary N) is 2. The first-order chi connectivity index (χ1) is 11.7. The number of halogens is 1. The topological polar surface area (TPSA) is 49.4 Å². The lowest BCUT2D eigenvalue weighted by Crippen LogP contribution is -2.30. The van der Waals surface area contributed by atoms with Crippen LogP contribution in [0.2, 0.25) is 0 Å². The Labute approximate surface area is 141 Å². The number of hydrogen-bond donors (Lipinski definition) is 2. The van der Waals surface area contributed by atoms with Crippen LogP contribution in [-0.4, -0.2) is 37.1 Å². The third-order valence-corrected chi connectivity index (χ3v) is 4.33. The second kappa shape index (κ2) is 7.70. The monoisotopic (exact) mass is 330 g/mol. The average Bonchev–Trinajstić information content (AvgIpc) is 3.04. The molecule has 0 bridgehead atoms. The van der Waals surface area contributed by atoms with E-state index in [1.54, 1.807) is 7.11 Å². The van der Waals surface area contributed by atoms with Crippen LogP contribution in [-0.2, 0) is 6.54 Å². The van der Waals surface area contributed by atoms with Crippen molar-refractivity contribution < 1.29 is 9.13 Å². The molecular formula is C18H23FN4O. The Bertz CT molecular complexity index is 647. The second-order valence-electron chi connectivity index (χ2n) is 6.22. The fraction of sp³-hybridized carbons (Fsp3) is 0.389. The Morgan fingerprint density at radius 3 is 2.71 bits per heavy atom. The molecule has 0 spiro atoms. The predicted octanol–water partition coefficient (Wildman–Crippen LogP) is 2.13. The van der Waals surface area contributed by atoms with Crippen LogP contribution in [0, 0.1) is 11.7 Å². The summed E-state index contributed by atoms with van der Waals surface area (Å²) in [5.74, 6) is 0.832. The Morgan fingerprint density at radius 1 is 1.25 bits per heavy atom. The molecule has 0 radical (unpaired) electrons. The highest BCUT2D eigenvalue weighted by Gasteiger charge is 2.29. The number of ether oxygens (including phenoxy) is 1. The van der Waals surface area contributed by atoms with Crippen LogP contribution >= 0.6 is 0 Å². The summed E-state index contributed by atoms with van der Waals surface area (Å²) in [6, 6.07) is 10.8. The highest BCUT2D eigenvalue weighted by Crippen LogP contribution is 2.26. The Kier molecular flexibility index (Phi) is 5.40. The predicted molar refractivity (Wildman–Crippen MR) is 90.9 cm³/mol. The SMILES string of the molecule is COc1ccc(CN(C)CC2CNNC2c2ccc(F)cc2)cn1. The summed E-state index contributed by atoms with van der Waals surface area (Å²) in [6.07, 6.45) is 1.85. The molecule has 0 amide bonds. The number of methoxy groups -OCH3 is 1. The normalized spacial score (nSPS) is 20.5. The van der Waals surface area contributed by atoms with E-state index in [1.165, 1.54) is 12.1 Å². The first-order valence-corrected chi connectivity index (χ1v) is 8.07. The molecule has 2 unspecified atom stereocenters. The van der Waals surface area contributed by atoms with Gasteiger partial charge < -0.3 is 9.64 Å². The van der Waals surface area contributed by atoms with Crippen LogP contribution < -0.4 is 15.6 Å². The molecule has 128 valence electrons. The molecule has 2 atom stereocenters. The van der Waals surface area contributed by atoms with Crippen LogP contribution in [0.4, 0.5) is 4.39 Å². The van der Waals surface area contributed by atoms with Crippen molar-refractivity contribution in [2.75, 3.05) is 27.2 Å². The van der Waals surface area contributed by atoms with Crippen LogP contribution in [0.15, 0.2) is 42.6 Å². The maximum Gasteiger partial charge on any atom is 0.212 e. The lowest BCUT2D eigenvalue weighted by atomic mass is 9.94. The van der Waals surface area contributed by atoms with E-state index in [9.17, 15) is 4.39 Å². The lowest BCUT2D eigenvalue weighted by Gasteiger charge is -2.25. The van der Waals surface area contributed by atoms with Gasteiger partial charge in [0, 0.05) is 37.8 Å². The molecule has 1 saturated heterocycles. The lowest BCUT2D eigenvalue weighted by molar-refractivity contribution is 0.262. The van der Waals surface area contributed by atoms with Crippen molar-refractivity contribution in [1.82, 2.24) is 20.7 Å². The zero-order valence-electron chi connectivity index (χ0n) is 14.0. The summed E-state index contributed by atoms with van der Waals surface area (Å²) < 4.78 is 18.2. The molecule has 1 aromatic carbocycles. The quantitative estimate of drug-likeness (QED) is 0.850. The first kappa shape index (κ1) is 16.8. The molecular weight excluding hydrogens is 307 g/mol. The van der Waals surface area contributed by atoms with Crippen molar-refractivity contribution >= 4 is 0 Å². The van der Waals surface area contributed by atoms with Gasteiger partial charge >= 0.3 is 0 Å². The van der Waals surface area contributed by atoms with Crippen molar-refractivity contribution in [3.63, 3.8) is 0 Å².